The van der Waals surface area contributed by atoms with Gasteiger partial charge in [0.2, 0.25) is 5.91 Å². The van der Waals surface area contributed by atoms with E-state index in [-0.39, 0.29) is 17.9 Å². The number of hydrogen-bond donors (Lipinski definition) is 1. The Kier molecular flexibility index (Phi) is 4.62. The Morgan fingerprint density at radius 1 is 1.43 bits per heavy atom. The van der Waals surface area contributed by atoms with Crippen molar-refractivity contribution in [2.45, 2.75) is 32.9 Å². The zero-order valence-corrected chi connectivity index (χ0v) is 13.0. The number of rotatable bonds is 4. The molecular formula is C14H22N4O3. The second-order valence-corrected chi connectivity index (χ2v) is 5.86. The zero-order valence-electron chi connectivity index (χ0n) is 13.0. The summed E-state index contributed by atoms with van der Waals surface area (Å²) < 4.78 is 5.24. The molecule has 7 heteroatoms. The van der Waals surface area contributed by atoms with Crippen LogP contribution in [0.4, 0.5) is 0 Å². The van der Waals surface area contributed by atoms with Crippen molar-refractivity contribution in [3.05, 3.63) is 17.0 Å². The third kappa shape index (κ3) is 3.60. The zero-order chi connectivity index (χ0) is 15.6. The van der Waals surface area contributed by atoms with Gasteiger partial charge in [0, 0.05) is 24.6 Å². The summed E-state index contributed by atoms with van der Waals surface area (Å²) >= 11 is 0. The summed E-state index contributed by atoms with van der Waals surface area (Å²) in [5, 5.41) is 6.67. The van der Waals surface area contributed by atoms with Crippen LogP contribution in [0.25, 0.3) is 0 Å². The van der Waals surface area contributed by atoms with Gasteiger partial charge in [-0.25, -0.2) is 0 Å². The first kappa shape index (κ1) is 15.5. The van der Waals surface area contributed by atoms with Crippen LogP contribution in [0.3, 0.4) is 0 Å². The molecule has 0 saturated carbocycles. The molecule has 0 bridgehead atoms. The molecular weight excluding hydrogens is 272 g/mol. The normalized spacial score (nSPS) is 14.5. The van der Waals surface area contributed by atoms with Crippen LogP contribution in [-0.2, 0) is 17.8 Å². The van der Waals surface area contributed by atoms with Gasteiger partial charge in [-0.3, -0.25) is 9.59 Å². The number of amides is 2. The van der Waals surface area contributed by atoms with E-state index in [1.807, 2.05) is 32.8 Å². The maximum absolute atomic E-state index is 12.1. The Hall–Kier alpha value is -1.89. The summed E-state index contributed by atoms with van der Waals surface area (Å²) in [6.07, 6.45) is 0.594. The van der Waals surface area contributed by atoms with E-state index in [2.05, 4.69) is 10.5 Å². The molecule has 116 valence electrons. The van der Waals surface area contributed by atoms with Crippen LogP contribution in [0.15, 0.2) is 4.52 Å². The van der Waals surface area contributed by atoms with Crippen LogP contribution in [-0.4, -0.2) is 60.0 Å². The molecule has 2 heterocycles. The number of carbonyl (C=O) groups is 2. The molecule has 1 N–H and O–H groups in total. The lowest BCUT2D eigenvalue weighted by atomic mass is 10.1. The first-order valence-electron chi connectivity index (χ1n) is 7.09. The fraction of sp³-hybridized carbons (Fsp3) is 0.643. The molecule has 1 aliphatic heterocycles. The molecule has 2 rings (SSSR count). The molecule has 1 aliphatic rings. The molecule has 1 aromatic rings. The minimum absolute atomic E-state index is 0.0277. The predicted octanol–water partition coefficient (Wildman–Crippen LogP) is 0.259. The highest BCUT2D eigenvalue weighted by atomic mass is 16.5. The van der Waals surface area contributed by atoms with Gasteiger partial charge in [0.1, 0.15) is 5.76 Å². The van der Waals surface area contributed by atoms with Crippen molar-refractivity contribution < 1.29 is 14.1 Å². The minimum Gasteiger partial charge on any atom is -0.360 e. The number of aromatic nitrogens is 1. The number of hydrogen-bond acceptors (Lipinski definition) is 5. The van der Waals surface area contributed by atoms with Crippen LogP contribution in [0.5, 0.6) is 0 Å². The first-order chi connectivity index (χ1) is 9.88. The van der Waals surface area contributed by atoms with E-state index in [0.717, 1.165) is 5.56 Å². The predicted molar refractivity (Wildman–Crippen MR) is 76.8 cm³/mol. The largest absolute Gasteiger partial charge is 0.360 e. The lowest BCUT2D eigenvalue weighted by Gasteiger charge is -2.27. The van der Waals surface area contributed by atoms with Gasteiger partial charge in [-0.2, -0.15) is 0 Å². The monoisotopic (exact) mass is 294 g/mol. The molecule has 0 radical (unpaired) electrons. The Bertz CT molecular complexity index is 536. The van der Waals surface area contributed by atoms with E-state index in [9.17, 15) is 9.59 Å². The maximum atomic E-state index is 12.1. The number of likely N-dealkylation sites (N-methyl/N-ethyl adjacent to an activating group) is 1. The van der Waals surface area contributed by atoms with Gasteiger partial charge in [-0.1, -0.05) is 5.16 Å². The van der Waals surface area contributed by atoms with Crippen LogP contribution >= 0.6 is 0 Å². The Morgan fingerprint density at radius 2 is 2.14 bits per heavy atom. The fourth-order valence-corrected chi connectivity index (χ4v) is 2.30. The third-order valence-electron chi connectivity index (χ3n) is 3.27. The van der Waals surface area contributed by atoms with Gasteiger partial charge < -0.3 is 19.6 Å². The van der Waals surface area contributed by atoms with Crippen LogP contribution in [0.1, 0.15) is 35.7 Å². The number of nitrogens with one attached hydrogen (secondary N) is 1. The maximum Gasteiger partial charge on any atom is 0.274 e. The number of nitrogens with zero attached hydrogens (tertiary/aromatic N) is 3. The van der Waals surface area contributed by atoms with Crippen molar-refractivity contribution in [1.29, 1.82) is 0 Å². The highest BCUT2D eigenvalue weighted by Gasteiger charge is 2.29. The van der Waals surface area contributed by atoms with Gasteiger partial charge in [0.25, 0.3) is 5.91 Å². The number of fused-ring (bicyclic) bond motifs is 1. The molecule has 0 aromatic carbocycles. The van der Waals surface area contributed by atoms with E-state index in [4.69, 9.17) is 4.52 Å². The van der Waals surface area contributed by atoms with Gasteiger partial charge in [-0.05, 0) is 27.9 Å². The van der Waals surface area contributed by atoms with Crippen LogP contribution < -0.4 is 5.32 Å². The van der Waals surface area contributed by atoms with Gasteiger partial charge in [-0.15, -0.1) is 0 Å². The summed E-state index contributed by atoms with van der Waals surface area (Å²) in [6.45, 7) is 5.11. The molecule has 0 atom stereocenters. The van der Waals surface area contributed by atoms with Gasteiger partial charge >= 0.3 is 0 Å². The highest BCUT2D eigenvalue weighted by Crippen LogP contribution is 2.22. The number of carbonyl (C=O) groups excluding carboxylic acids is 2. The molecule has 21 heavy (non-hydrogen) atoms. The molecule has 0 fully saturated rings. The minimum atomic E-state index is -0.253. The van der Waals surface area contributed by atoms with E-state index in [1.54, 1.807) is 4.90 Å². The Balaban J connectivity index is 2.14. The second kappa shape index (κ2) is 6.26. The van der Waals surface area contributed by atoms with E-state index >= 15 is 0 Å². The molecule has 0 spiro atoms. The standard InChI is InChI=1S/C14H22N4O3/c1-9(2)15-14(20)13-10-7-18(12(19)8-17(3)4)6-5-11(10)21-16-13/h9H,5-8H2,1-4H3,(H,15,20). The summed E-state index contributed by atoms with van der Waals surface area (Å²) in [7, 11) is 3.71. The quantitative estimate of drug-likeness (QED) is 0.861. The van der Waals surface area contributed by atoms with Gasteiger partial charge in [0.15, 0.2) is 5.69 Å². The Labute approximate surface area is 124 Å². The molecule has 7 nitrogen and oxygen atoms in total. The van der Waals surface area contributed by atoms with E-state index in [1.165, 1.54) is 0 Å². The smallest absolute Gasteiger partial charge is 0.274 e. The lowest BCUT2D eigenvalue weighted by Crippen LogP contribution is -2.41. The topological polar surface area (TPSA) is 78.7 Å². The van der Waals surface area contributed by atoms with Crippen molar-refractivity contribution in [2.75, 3.05) is 27.2 Å². The van der Waals surface area contributed by atoms with Gasteiger partial charge in [0.05, 0.1) is 13.1 Å². The van der Waals surface area contributed by atoms with E-state index in [0.29, 0.717) is 37.5 Å². The average Bonchev–Trinajstić information content (AvgIpc) is 2.79. The summed E-state index contributed by atoms with van der Waals surface area (Å²) in [6, 6.07) is 0.0277. The van der Waals surface area contributed by atoms with Crippen LogP contribution in [0, 0.1) is 0 Å². The molecule has 0 aliphatic carbocycles. The van der Waals surface area contributed by atoms with E-state index < -0.39 is 0 Å². The molecule has 1 aromatic heterocycles. The fourth-order valence-electron chi connectivity index (χ4n) is 2.30. The lowest BCUT2D eigenvalue weighted by molar-refractivity contribution is -0.132. The van der Waals surface area contributed by atoms with Crippen molar-refractivity contribution in [1.82, 2.24) is 20.3 Å². The summed E-state index contributed by atoms with van der Waals surface area (Å²) in [4.78, 5) is 27.8. The third-order valence-corrected chi connectivity index (χ3v) is 3.27. The SMILES string of the molecule is CC(C)NC(=O)c1noc2c1CN(C(=O)CN(C)C)CC2. The summed E-state index contributed by atoms with van der Waals surface area (Å²) in [5.74, 6) is 0.497. The van der Waals surface area contributed by atoms with Crippen molar-refractivity contribution in [3.63, 3.8) is 0 Å². The van der Waals surface area contributed by atoms with Crippen molar-refractivity contribution in [3.8, 4) is 0 Å². The van der Waals surface area contributed by atoms with Crippen LogP contribution in [0.2, 0.25) is 0 Å². The summed E-state index contributed by atoms with van der Waals surface area (Å²) in [5.41, 5.74) is 1.02. The van der Waals surface area contributed by atoms with Crippen molar-refractivity contribution >= 4 is 11.8 Å². The second-order valence-electron chi connectivity index (χ2n) is 5.86. The van der Waals surface area contributed by atoms with Crippen molar-refractivity contribution in [2.24, 2.45) is 0 Å². The highest BCUT2D eigenvalue weighted by molar-refractivity contribution is 5.94. The molecule has 2 amide bonds. The average molecular weight is 294 g/mol. The molecule has 0 unspecified atom stereocenters. The molecule has 0 saturated heterocycles. The first-order valence-corrected chi connectivity index (χ1v) is 7.09. The Morgan fingerprint density at radius 3 is 2.76 bits per heavy atom.